The number of amides is 1. The van der Waals surface area contributed by atoms with Crippen LogP contribution in [0.1, 0.15) is 24.0 Å². The minimum atomic E-state index is -0.915. The van der Waals surface area contributed by atoms with E-state index in [1.807, 2.05) is 25.1 Å². The van der Waals surface area contributed by atoms with Gasteiger partial charge in [-0.15, -0.1) is 0 Å². The Morgan fingerprint density at radius 1 is 1.58 bits per heavy atom. The highest BCUT2D eigenvalue weighted by molar-refractivity contribution is 9.10. The lowest BCUT2D eigenvalue weighted by atomic mass is 10.1. The van der Waals surface area contributed by atoms with Crippen LogP contribution in [-0.2, 0) is 16.1 Å². The molecule has 1 atom stereocenters. The Balaban J connectivity index is 2.20. The monoisotopic (exact) mass is 325 g/mol. The van der Waals surface area contributed by atoms with Crippen LogP contribution in [0.25, 0.3) is 0 Å². The summed E-state index contributed by atoms with van der Waals surface area (Å²) in [5.41, 5.74) is 2.02. The SMILES string of the molecule is Cc1ccc(Br)cc1CN(C=O)C(C(=O)O)C1CC1. The molecular weight excluding hydrogens is 310 g/mol. The van der Waals surface area contributed by atoms with E-state index in [0.717, 1.165) is 28.4 Å². The number of aryl methyl sites for hydroxylation is 1. The van der Waals surface area contributed by atoms with Crippen LogP contribution in [0.15, 0.2) is 22.7 Å². The third-order valence-electron chi connectivity index (χ3n) is 3.48. The zero-order chi connectivity index (χ0) is 14.0. The summed E-state index contributed by atoms with van der Waals surface area (Å²) in [6.07, 6.45) is 2.43. The number of hydrogen-bond acceptors (Lipinski definition) is 2. The molecule has 1 unspecified atom stereocenters. The molecule has 1 aromatic carbocycles. The van der Waals surface area contributed by atoms with Gasteiger partial charge < -0.3 is 10.0 Å². The van der Waals surface area contributed by atoms with Crippen LogP contribution in [0.2, 0.25) is 0 Å². The maximum absolute atomic E-state index is 11.3. The van der Waals surface area contributed by atoms with Crippen LogP contribution < -0.4 is 0 Å². The molecule has 5 heteroatoms. The van der Waals surface area contributed by atoms with E-state index < -0.39 is 12.0 Å². The molecule has 0 aromatic heterocycles. The fourth-order valence-electron chi connectivity index (χ4n) is 2.23. The molecule has 1 aliphatic rings. The number of halogens is 1. The largest absolute Gasteiger partial charge is 0.480 e. The Bertz CT molecular complexity index is 499. The minimum absolute atomic E-state index is 0.107. The second kappa shape index (κ2) is 5.74. The molecule has 0 bridgehead atoms. The quantitative estimate of drug-likeness (QED) is 0.818. The van der Waals surface area contributed by atoms with E-state index in [-0.39, 0.29) is 5.92 Å². The number of aliphatic carboxylic acids is 1. The van der Waals surface area contributed by atoms with Gasteiger partial charge in [0.2, 0.25) is 6.41 Å². The van der Waals surface area contributed by atoms with Crippen molar-refractivity contribution in [3.63, 3.8) is 0 Å². The standard InChI is InChI=1S/C14H16BrNO3/c1-9-2-5-12(15)6-11(9)7-16(8-17)13(14(18)19)10-3-4-10/h2,5-6,8,10,13H,3-4,7H2,1H3,(H,18,19). The van der Waals surface area contributed by atoms with Gasteiger partial charge in [0.05, 0.1) is 0 Å². The Morgan fingerprint density at radius 3 is 2.79 bits per heavy atom. The first-order valence-corrected chi connectivity index (χ1v) is 7.01. The number of hydrogen-bond donors (Lipinski definition) is 1. The first-order valence-electron chi connectivity index (χ1n) is 6.22. The second-order valence-corrected chi connectivity index (χ2v) is 5.88. The maximum Gasteiger partial charge on any atom is 0.326 e. The van der Waals surface area contributed by atoms with Gasteiger partial charge in [-0.1, -0.05) is 22.0 Å². The van der Waals surface area contributed by atoms with Crippen molar-refractivity contribution in [2.75, 3.05) is 0 Å². The number of benzene rings is 1. The van der Waals surface area contributed by atoms with Crippen molar-refractivity contribution in [1.82, 2.24) is 4.90 Å². The Labute approximate surface area is 120 Å². The van der Waals surface area contributed by atoms with Gasteiger partial charge in [-0.2, -0.15) is 0 Å². The van der Waals surface area contributed by atoms with Gasteiger partial charge in [-0.3, -0.25) is 4.79 Å². The fourth-order valence-corrected chi connectivity index (χ4v) is 2.64. The summed E-state index contributed by atoms with van der Waals surface area (Å²) in [5, 5.41) is 9.28. The Hall–Kier alpha value is -1.36. The average molecular weight is 326 g/mol. The summed E-state index contributed by atoms with van der Waals surface area (Å²) in [7, 11) is 0. The lowest BCUT2D eigenvalue weighted by Crippen LogP contribution is -2.41. The zero-order valence-corrected chi connectivity index (χ0v) is 12.3. The molecule has 1 aliphatic carbocycles. The smallest absolute Gasteiger partial charge is 0.326 e. The third kappa shape index (κ3) is 3.35. The average Bonchev–Trinajstić information content (AvgIpc) is 3.16. The maximum atomic E-state index is 11.3. The van der Waals surface area contributed by atoms with E-state index in [1.54, 1.807) is 0 Å². The molecular formula is C14H16BrNO3. The Morgan fingerprint density at radius 2 is 2.26 bits per heavy atom. The number of carbonyl (C=O) groups excluding carboxylic acids is 1. The van der Waals surface area contributed by atoms with Crippen molar-refractivity contribution in [2.45, 2.75) is 32.4 Å². The second-order valence-electron chi connectivity index (χ2n) is 4.97. The fraction of sp³-hybridized carbons (Fsp3) is 0.429. The van der Waals surface area contributed by atoms with Crippen LogP contribution in [0.3, 0.4) is 0 Å². The molecule has 0 spiro atoms. The highest BCUT2D eigenvalue weighted by atomic mass is 79.9. The van der Waals surface area contributed by atoms with E-state index in [2.05, 4.69) is 15.9 Å². The van der Waals surface area contributed by atoms with Crippen LogP contribution >= 0.6 is 15.9 Å². The highest BCUT2D eigenvalue weighted by Gasteiger charge is 2.40. The third-order valence-corrected chi connectivity index (χ3v) is 3.97. The van der Waals surface area contributed by atoms with Gasteiger partial charge >= 0.3 is 5.97 Å². The van der Waals surface area contributed by atoms with Crippen LogP contribution in [-0.4, -0.2) is 28.4 Å². The molecule has 1 saturated carbocycles. The van der Waals surface area contributed by atoms with Gasteiger partial charge in [0.15, 0.2) is 0 Å². The summed E-state index contributed by atoms with van der Waals surface area (Å²) >= 11 is 3.39. The van der Waals surface area contributed by atoms with Gasteiger partial charge in [0.25, 0.3) is 0 Å². The van der Waals surface area contributed by atoms with E-state index >= 15 is 0 Å². The summed E-state index contributed by atoms with van der Waals surface area (Å²) in [6, 6.07) is 5.11. The van der Waals surface area contributed by atoms with Crippen LogP contribution in [0, 0.1) is 12.8 Å². The highest BCUT2D eigenvalue weighted by Crippen LogP contribution is 2.35. The summed E-state index contributed by atoms with van der Waals surface area (Å²) in [4.78, 5) is 23.9. The lowest BCUT2D eigenvalue weighted by molar-refractivity contribution is -0.147. The number of carboxylic acid groups (broad SMARTS) is 1. The summed E-state index contributed by atoms with van der Waals surface area (Å²) < 4.78 is 0.928. The van der Waals surface area contributed by atoms with Crippen molar-refractivity contribution in [2.24, 2.45) is 5.92 Å². The molecule has 1 amide bonds. The number of carbonyl (C=O) groups is 2. The molecule has 19 heavy (non-hydrogen) atoms. The van der Waals surface area contributed by atoms with Gasteiger partial charge in [0, 0.05) is 11.0 Å². The van der Waals surface area contributed by atoms with E-state index in [1.165, 1.54) is 4.90 Å². The molecule has 102 valence electrons. The minimum Gasteiger partial charge on any atom is -0.480 e. The predicted molar refractivity (Wildman–Crippen MR) is 74.6 cm³/mol. The molecule has 1 N–H and O–H groups in total. The first-order chi connectivity index (χ1) is 9.02. The van der Waals surface area contributed by atoms with Gasteiger partial charge in [0.1, 0.15) is 6.04 Å². The normalized spacial score (nSPS) is 15.9. The predicted octanol–water partition coefficient (Wildman–Crippen LogP) is 2.58. The molecule has 0 saturated heterocycles. The number of carboxylic acids is 1. The van der Waals surface area contributed by atoms with Crippen molar-refractivity contribution >= 4 is 28.3 Å². The number of rotatable bonds is 6. The van der Waals surface area contributed by atoms with Crippen LogP contribution in [0.5, 0.6) is 0 Å². The van der Waals surface area contributed by atoms with Gasteiger partial charge in [-0.25, -0.2) is 4.79 Å². The molecule has 0 heterocycles. The number of nitrogens with zero attached hydrogens (tertiary/aromatic N) is 1. The van der Waals surface area contributed by atoms with E-state index in [9.17, 15) is 14.7 Å². The van der Waals surface area contributed by atoms with Crippen molar-refractivity contribution in [1.29, 1.82) is 0 Å². The molecule has 1 fully saturated rings. The summed E-state index contributed by atoms with van der Waals surface area (Å²) in [5.74, 6) is -0.808. The zero-order valence-electron chi connectivity index (χ0n) is 10.7. The van der Waals surface area contributed by atoms with Crippen LogP contribution in [0.4, 0.5) is 0 Å². The van der Waals surface area contributed by atoms with Crippen molar-refractivity contribution < 1.29 is 14.7 Å². The molecule has 0 aliphatic heterocycles. The summed E-state index contributed by atoms with van der Waals surface area (Å²) in [6.45, 7) is 2.29. The van der Waals surface area contributed by atoms with Crippen molar-refractivity contribution in [3.05, 3.63) is 33.8 Å². The Kier molecular flexibility index (Phi) is 4.24. The lowest BCUT2D eigenvalue weighted by Gasteiger charge is -2.25. The van der Waals surface area contributed by atoms with E-state index in [4.69, 9.17) is 0 Å². The molecule has 0 radical (unpaired) electrons. The van der Waals surface area contributed by atoms with Gasteiger partial charge in [-0.05, 0) is 48.9 Å². The topological polar surface area (TPSA) is 57.6 Å². The molecule has 2 rings (SSSR count). The molecule has 1 aromatic rings. The van der Waals surface area contributed by atoms with E-state index in [0.29, 0.717) is 13.0 Å². The molecule has 4 nitrogen and oxygen atoms in total. The first kappa shape index (κ1) is 14.1. The van der Waals surface area contributed by atoms with Crippen molar-refractivity contribution in [3.8, 4) is 0 Å².